The molecule has 4 aliphatic rings. The van der Waals surface area contributed by atoms with Gasteiger partial charge in [0.15, 0.2) is 0 Å². The summed E-state index contributed by atoms with van der Waals surface area (Å²) in [6.45, 7) is 5.07. The standard InChI is InChI=1S/C33H48N4O2/c38-33(39)32(27-14-8-3-9-15-27)37-22-28(29(23-37)24-10-4-1-5-11-24)21-36-18-16-26(17-19-36)31-20-30(34-35-31)25-12-6-2-7-13-25/h1,4-5,10-11,20,25-29,32H,2-3,6-9,12-19,21-23H2,(H,34,35)(H,38,39). The van der Waals surface area contributed by atoms with E-state index < -0.39 is 5.97 Å². The highest BCUT2D eigenvalue weighted by atomic mass is 16.4. The van der Waals surface area contributed by atoms with Crippen LogP contribution in [0, 0.1) is 11.8 Å². The molecule has 6 nitrogen and oxygen atoms in total. The molecule has 2 N–H and O–H groups in total. The molecule has 0 amide bonds. The molecule has 3 atom stereocenters. The Kier molecular flexibility index (Phi) is 8.69. The maximum absolute atomic E-state index is 12.5. The summed E-state index contributed by atoms with van der Waals surface area (Å²) < 4.78 is 0. The van der Waals surface area contributed by atoms with E-state index in [1.54, 1.807) is 0 Å². The number of carbonyl (C=O) groups is 1. The highest BCUT2D eigenvalue weighted by Gasteiger charge is 2.43. The second kappa shape index (κ2) is 12.6. The molecular weight excluding hydrogens is 484 g/mol. The highest BCUT2D eigenvalue weighted by molar-refractivity contribution is 5.74. The number of aromatic amines is 1. The van der Waals surface area contributed by atoms with Crippen LogP contribution in [-0.2, 0) is 4.79 Å². The zero-order valence-electron chi connectivity index (χ0n) is 23.6. The van der Waals surface area contributed by atoms with Crippen molar-refractivity contribution in [3.8, 4) is 0 Å². The summed E-state index contributed by atoms with van der Waals surface area (Å²) in [6, 6.07) is 12.9. The third kappa shape index (κ3) is 6.27. The minimum Gasteiger partial charge on any atom is -0.480 e. The molecule has 2 aliphatic heterocycles. The molecule has 1 aromatic carbocycles. The van der Waals surface area contributed by atoms with Crippen molar-refractivity contribution in [3.05, 3.63) is 53.3 Å². The van der Waals surface area contributed by atoms with Crippen molar-refractivity contribution in [2.24, 2.45) is 11.8 Å². The van der Waals surface area contributed by atoms with E-state index in [0.29, 0.717) is 29.6 Å². The summed E-state index contributed by atoms with van der Waals surface area (Å²) in [5.74, 6) is 1.81. The third-order valence-corrected chi connectivity index (χ3v) is 10.6. The van der Waals surface area contributed by atoms with Gasteiger partial charge in [-0.25, -0.2) is 0 Å². The van der Waals surface area contributed by atoms with Gasteiger partial charge < -0.3 is 10.0 Å². The first-order chi connectivity index (χ1) is 19.2. The zero-order chi connectivity index (χ0) is 26.6. The van der Waals surface area contributed by atoms with Crippen molar-refractivity contribution in [2.45, 2.75) is 101 Å². The molecule has 2 aliphatic carbocycles. The maximum Gasteiger partial charge on any atom is 0.321 e. The number of nitrogens with one attached hydrogen (secondary N) is 1. The first-order valence-electron chi connectivity index (χ1n) is 15.9. The van der Waals surface area contributed by atoms with Crippen LogP contribution in [0.3, 0.4) is 0 Å². The largest absolute Gasteiger partial charge is 0.480 e. The second-order valence-corrected chi connectivity index (χ2v) is 13.1. The Hall–Kier alpha value is -2.18. The Morgan fingerprint density at radius 1 is 0.897 bits per heavy atom. The van der Waals surface area contributed by atoms with Crippen LogP contribution in [0.1, 0.15) is 112 Å². The lowest BCUT2D eigenvalue weighted by Crippen LogP contribution is -2.46. The normalized spacial score (nSPS) is 27.6. The average Bonchev–Trinajstić information content (AvgIpc) is 3.63. The van der Waals surface area contributed by atoms with Crippen LogP contribution in [0.2, 0.25) is 0 Å². The summed E-state index contributed by atoms with van der Waals surface area (Å²) in [6.07, 6.45) is 14.8. The number of aliphatic carboxylic acids is 1. The molecule has 0 spiro atoms. The summed E-state index contributed by atoms with van der Waals surface area (Å²) in [7, 11) is 0. The van der Waals surface area contributed by atoms with Crippen molar-refractivity contribution in [1.29, 1.82) is 0 Å². The van der Waals surface area contributed by atoms with Gasteiger partial charge in [0.25, 0.3) is 0 Å². The van der Waals surface area contributed by atoms with Crippen molar-refractivity contribution in [1.82, 2.24) is 20.0 Å². The molecule has 2 aromatic rings. The number of H-pyrrole nitrogens is 1. The lowest BCUT2D eigenvalue weighted by Gasteiger charge is -2.35. The fourth-order valence-corrected chi connectivity index (χ4v) is 8.43. The monoisotopic (exact) mass is 532 g/mol. The van der Waals surface area contributed by atoms with Crippen LogP contribution in [0.5, 0.6) is 0 Å². The highest BCUT2D eigenvalue weighted by Crippen LogP contribution is 2.39. The quantitative estimate of drug-likeness (QED) is 0.412. The number of hydrogen-bond donors (Lipinski definition) is 2. The molecule has 212 valence electrons. The number of carboxylic acids is 1. The Morgan fingerprint density at radius 2 is 1.59 bits per heavy atom. The molecule has 6 rings (SSSR count). The number of hydrogen-bond acceptors (Lipinski definition) is 4. The molecule has 0 bridgehead atoms. The summed E-state index contributed by atoms with van der Waals surface area (Å²) in [5, 5.41) is 18.5. The van der Waals surface area contributed by atoms with E-state index in [2.05, 4.69) is 51.3 Å². The van der Waals surface area contributed by atoms with Gasteiger partial charge in [0.1, 0.15) is 6.04 Å². The smallest absolute Gasteiger partial charge is 0.321 e. The molecule has 0 radical (unpaired) electrons. The molecule has 2 saturated carbocycles. The molecule has 4 fully saturated rings. The number of rotatable bonds is 8. The lowest BCUT2D eigenvalue weighted by atomic mass is 9.83. The number of aromatic nitrogens is 2. The Labute approximate surface area is 234 Å². The van der Waals surface area contributed by atoms with Crippen LogP contribution < -0.4 is 0 Å². The summed E-state index contributed by atoms with van der Waals surface area (Å²) in [4.78, 5) is 17.6. The molecular formula is C33H48N4O2. The maximum atomic E-state index is 12.5. The first kappa shape index (κ1) is 27.0. The van der Waals surface area contributed by atoms with E-state index in [4.69, 9.17) is 5.10 Å². The Balaban J connectivity index is 1.10. The van der Waals surface area contributed by atoms with E-state index in [9.17, 15) is 9.90 Å². The Morgan fingerprint density at radius 3 is 2.28 bits per heavy atom. The number of likely N-dealkylation sites (tertiary alicyclic amines) is 2. The molecule has 3 heterocycles. The van der Waals surface area contributed by atoms with E-state index in [0.717, 1.165) is 45.6 Å². The number of benzene rings is 1. The van der Waals surface area contributed by atoms with Gasteiger partial charge in [-0.3, -0.25) is 14.8 Å². The lowest BCUT2D eigenvalue weighted by molar-refractivity contribution is -0.145. The van der Waals surface area contributed by atoms with E-state index in [1.165, 1.54) is 81.2 Å². The molecule has 2 saturated heterocycles. The zero-order valence-corrected chi connectivity index (χ0v) is 23.6. The molecule has 3 unspecified atom stereocenters. The summed E-state index contributed by atoms with van der Waals surface area (Å²) in [5.41, 5.74) is 4.02. The number of piperidine rings is 1. The van der Waals surface area contributed by atoms with Gasteiger partial charge in [-0.05, 0) is 75.1 Å². The van der Waals surface area contributed by atoms with Crippen molar-refractivity contribution >= 4 is 5.97 Å². The minimum atomic E-state index is -0.609. The Bertz CT molecular complexity index is 1050. The topological polar surface area (TPSA) is 72.5 Å². The fourth-order valence-electron chi connectivity index (χ4n) is 8.43. The molecule has 6 heteroatoms. The van der Waals surface area contributed by atoms with Gasteiger partial charge in [0.2, 0.25) is 0 Å². The van der Waals surface area contributed by atoms with E-state index in [1.807, 2.05) is 0 Å². The van der Waals surface area contributed by atoms with E-state index >= 15 is 0 Å². The van der Waals surface area contributed by atoms with Gasteiger partial charge in [-0.1, -0.05) is 68.9 Å². The van der Waals surface area contributed by atoms with Gasteiger partial charge in [-0.2, -0.15) is 5.10 Å². The molecule has 1 aromatic heterocycles. The minimum absolute atomic E-state index is 0.301. The SMILES string of the molecule is O=C(O)C(C1CCCCC1)N1CC(CN2CCC(c3cc(C4CCCCC4)n[nH]3)CC2)C(c2ccccc2)C1. The van der Waals surface area contributed by atoms with Crippen LogP contribution >= 0.6 is 0 Å². The first-order valence-corrected chi connectivity index (χ1v) is 15.9. The summed E-state index contributed by atoms with van der Waals surface area (Å²) >= 11 is 0. The van der Waals surface area contributed by atoms with Gasteiger partial charge in [-0.15, -0.1) is 0 Å². The van der Waals surface area contributed by atoms with E-state index in [-0.39, 0.29) is 6.04 Å². The van der Waals surface area contributed by atoms with Crippen LogP contribution in [0.15, 0.2) is 36.4 Å². The van der Waals surface area contributed by atoms with Crippen molar-refractivity contribution in [3.63, 3.8) is 0 Å². The van der Waals surface area contributed by atoms with Crippen molar-refractivity contribution in [2.75, 3.05) is 32.7 Å². The van der Waals surface area contributed by atoms with Crippen LogP contribution in [0.25, 0.3) is 0 Å². The van der Waals surface area contributed by atoms with Gasteiger partial charge in [0, 0.05) is 43.1 Å². The average molecular weight is 533 g/mol. The predicted molar refractivity (Wildman–Crippen MR) is 155 cm³/mol. The second-order valence-electron chi connectivity index (χ2n) is 13.1. The third-order valence-electron chi connectivity index (χ3n) is 10.6. The van der Waals surface area contributed by atoms with Gasteiger partial charge >= 0.3 is 5.97 Å². The number of carboxylic acid groups (broad SMARTS) is 1. The van der Waals surface area contributed by atoms with Crippen LogP contribution in [-0.4, -0.2) is 69.8 Å². The molecule has 39 heavy (non-hydrogen) atoms. The predicted octanol–water partition coefficient (Wildman–Crippen LogP) is 6.39. The number of nitrogens with zero attached hydrogens (tertiary/aromatic N) is 3. The fraction of sp³-hybridized carbons (Fsp3) is 0.697. The van der Waals surface area contributed by atoms with Gasteiger partial charge in [0.05, 0.1) is 5.69 Å². The van der Waals surface area contributed by atoms with Crippen LogP contribution in [0.4, 0.5) is 0 Å². The van der Waals surface area contributed by atoms with Crippen molar-refractivity contribution < 1.29 is 9.90 Å².